The lowest BCUT2D eigenvalue weighted by Gasteiger charge is -2.18. The van der Waals surface area contributed by atoms with Gasteiger partial charge in [-0.25, -0.2) is 4.98 Å². The zero-order chi connectivity index (χ0) is 23.2. The molecule has 0 fully saturated rings. The van der Waals surface area contributed by atoms with Crippen molar-refractivity contribution in [1.29, 1.82) is 0 Å². The average molecular weight is 446 g/mol. The third-order valence-corrected chi connectivity index (χ3v) is 7.13. The lowest BCUT2D eigenvalue weighted by Crippen LogP contribution is -2.02. The number of aromatic nitrogens is 1. The molecule has 5 aromatic carbocycles. The molecule has 6 aromatic rings. The maximum atomic E-state index is 5.11. The molecule has 1 aliphatic carbocycles. The number of hydrogen-bond acceptors (Lipinski definition) is 1. The smallest absolute Gasteiger partial charge is 0.0712 e. The number of fused-ring (bicyclic) bond motifs is 5. The van der Waals surface area contributed by atoms with Gasteiger partial charge in [-0.15, -0.1) is 0 Å². The van der Waals surface area contributed by atoms with Crippen molar-refractivity contribution in [2.75, 3.05) is 0 Å². The second-order valence-corrected chi connectivity index (χ2v) is 9.17. The Morgan fingerprint density at radius 1 is 0.486 bits per heavy atom. The number of hydrogen-bond donors (Lipinski definition) is 0. The van der Waals surface area contributed by atoms with E-state index in [0.717, 1.165) is 22.5 Å². The molecule has 0 saturated carbocycles. The topological polar surface area (TPSA) is 12.9 Å². The average Bonchev–Trinajstić information content (AvgIpc) is 3.29. The summed E-state index contributed by atoms with van der Waals surface area (Å²) >= 11 is 0. The van der Waals surface area contributed by atoms with Crippen LogP contribution in [-0.4, -0.2) is 4.98 Å². The van der Waals surface area contributed by atoms with Crippen LogP contribution >= 0.6 is 0 Å². The quantitative estimate of drug-likeness (QED) is 0.265. The van der Waals surface area contributed by atoms with Crippen molar-refractivity contribution in [2.24, 2.45) is 0 Å². The number of pyridine rings is 1. The molecule has 0 aliphatic heterocycles. The molecule has 1 heteroatoms. The van der Waals surface area contributed by atoms with Crippen molar-refractivity contribution in [3.8, 4) is 33.6 Å². The minimum absolute atomic E-state index is 0.165. The largest absolute Gasteiger partial charge is 0.248 e. The zero-order valence-corrected chi connectivity index (χ0v) is 19.2. The first-order chi connectivity index (χ1) is 17.4. The fourth-order valence-electron chi connectivity index (χ4n) is 5.56. The summed E-state index contributed by atoms with van der Waals surface area (Å²) in [5, 5.41) is 2.60. The van der Waals surface area contributed by atoms with E-state index in [-0.39, 0.29) is 5.92 Å². The Morgan fingerprint density at radius 3 is 1.80 bits per heavy atom. The van der Waals surface area contributed by atoms with Crippen LogP contribution in [0.25, 0.3) is 44.4 Å². The van der Waals surface area contributed by atoms with E-state index < -0.39 is 0 Å². The molecule has 1 heterocycles. The Bertz CT molecular complexity index is 1630. The molecular formula is C34H23N. The van der Waals surface area contributed by atoms with E-state index in [1.54, 1.807) is 0 Å². The minimum atomic E-state index is 0.165. The number of rotatable bonds is 3. The third-order valence-electron chi connectivity index (χ3n) is 7.13. The van der Waals surface area contributed by atoms with Crippen LogP contribution in [-0.2, 0) is 0 Å². The van der Waals surface area contributed by atoms with Gasteiger partial charge in [0.1, 0.15) is 0 Å². The van der Waals surface area contributed by atoms with Crippen LogP contribution in [0.5, 0.6) is 0 Å². The minimum Gasteiger partial charge on any atom is -0.248 e. The van der Waals surface area contributed by atoms with Crippen molar-refractivity contribution in [3.05, 3.63) is 150 Å². The van der Waals surface area contributed by atoms with Gasteiger partial charge in [0.2, 0.25) is 0 Å². The molecule has 1 unspecified atom stereocenters. The summed E-state index contributed by atoms with van der Waals surface area (Å²) in [6.07, 6.45) is 0. The van der Waals surface area contributed by atoms with Crippen LogP contribution in [0.2, 0.25) is 0 Å². The molecule has 1 aromatic heterocycles. The van der Waals surface area contributed by atoms with Crippen LogP contribution < -0.4 is 0 Å². The first-order valence-corrected chi connectivity index (χ1v) is 12.1. The summed E-state index contributed by atoms with van der Waals surface area (Å²) in [7, 11) is 0. The molecule has 0 bridgehead atoms. The molecule has 7 rings (SSSR count). The van der Waals surface area contributed by atoms with Gasteiger partial charge in [-0.1, -0.05) is 121 Å². The zero-order valence-electron chi connectivity index (χ0n) is 19.2. The molecule has 1 aliphatic rings. The van der Waals surface area contributed by atoms with Gasteiger partial charge in [-0.2, -0.15) is 0 Å². The molecule has 0 spiro atoms. The standard InChI is InChI=1S/C34H23N/c1-3-12-24(13-4-1)31-21-26(22-32(35-31)25-14-5-2-6-15-25)33-28-17-9-10-18-29(28)34-27-16-8-7-11-23(27)19-20-30(33)34/h1-22,33H. The summed E-state index contributed by atoms with van der Waals surface area (Å²) in [5.41, 5.74) is 11.0. The molecular weight excluding hydrogens is 422 g/mol. The van der Waals surface area contributed by atoms with E-state index in [1.807, 2.05) is 0 Å². The fourth-order valence-corrected chi connectivity index (χ4v) is 5.56. The fraction of sp³-hybridized carbons (Fsp3) is 0.0294. The number of nitrogens with zero attached hydrogens (tertiary/aromatic N) is 1. The monoisotopic (exact) mass is 445 g/mol. The molecule has 164 valence electrons. The summed E-state index contributed by atoms with van der Waals surface area (Å²) in [5.74, 6) is 0.165. The van der Waals surface area contributed by atoms with Crippen molar-refractivity contribution in [2.45, 2.75) is 5.92 Å². The molecule has 1 nitrogen and oxygen atoms in total. The van der Waals surface area contributed by atoms with Gasteiger partial charge in [0.25, 0.3) is 0 Å². The van der Waals surface area contributed by atoms with Gasteiger partial charge >= 0.3 is 0 Å². The lowest BCUT2D eigenvalue weighted by atomic mass is 9.87. The van der Waals surface area contributed by atoms with E-state index in [2.05, 4.69) is 133 Å². The highest BCUT2D eigenvalue weighted by atomic mass is 14.7. The van der Waals surface area contributed by atoms with Crippen LogP contribution in [0.4, 0.5) is 0 Å². The van der Waals surface area contributed by atoms with Crippen LogP contribution in [0.1, 0.15) is 22.6 Å². The molecule has 0 saturated heterocycles. The highest BCUT2D eigenvalue weighted by Gasteiger charge is 2.31. The Morgan fingerprint density at radius 2 is 1.09 bits per heavy atom. The van der Waals surface area contributed by atoms with E-state index >= 15 is 0 Å². The van der Waals surface area contributed by atoms with E-state index in [4.69, 9.17) is 4.98 Å². The highest BCUT2D eigenvalue weighted by molar-refractivity contribution is 6.02. The lowest BCUT2D eigenvalue weighted by molar-refractivity contribution is 1.01. The highest BCUT2D eigenvalue weighted by Crippen LogP contribution is 2.51. The molecule has 0 radical (unpaired) electrons. The van der Waals surface area contributed by atoms with Gasteiger partial charge < -0.3 is 0 Å². The summed E-state index contributed by atoms with van der Waals surface area (Å²) in [6, 6.07) is 47.8. The maximum absolute atomic E-state index is 5.11. The predicted octanol–water partition coefficient (Wildman–Crippen LogP) is 8.73. The SMILES string of the molecule is c1ccc(-c2cc(C3c4ccccc4-c4c3ccc3ccccc43)cc(-c3ccccc3)n2)cc1. The molecule has 0 N–H and O–H groups in total. The Hall–Kier alpha value is -4.49. The van der Waals surface area contributed by atoms with E-state index in [0.29, 0.717) is 0 Å². The van der Waals surface area contributed by atoms with Crippen LogP contribution in [0, 0.1) is 0 Å². The summed E-state index contributed by atoms with van der Waals surface area (Å²) in [6.45, 7) is 0. The van der Waals surface area contributed by atoms with E-state index in [9.17, 15) is 0 Å². The Kier molecular flexibility index (Phi) is 4.60. The van der Waals surface area contributed by atoms with Gasteiger partial charge in [-0.3, -0.25) is 0 Å². The van der Waals surface area contributed by atoms with Gasteiger partial charge in [0, 0.05) is 17.0 Å². The van der Waals surface area contributed by atoms with Crippen molar-refractivity contribution in [1.82, 2.24) is 4.98 Å². The third kappa shape index (κ3) is 3.28. The summed E-state index contributed by atoms with van der Waals surface area (Å²) in [4.78, 5) is 5.11. The van der Waals surface area contributed by atoms with Crippen LogP contribution in [0.15, 0.2) is 133 Å². The first-order valence-electron chi connectivity index (χ1n) is 12.1. The molecule has 1 atom stereocenters. The maximum Gasteiger partial charge on any atom is 0.0712 e. The number of benzene rings is 5. The van der Waals surface area contributed by atoms with Gasteiger partial charge in [-0.05, 0) is 50.7 Å². The van der Waals surface area contributed by atoms with Crippen LogP contribution in [0.3, 0.4) is 0 Å². The van der Waals surface area contributed by atoms with Gasteiger partial charge in [0.15, 0.2) is 0 Å². The van der Waals surface area contributed by atoms with Gasteiger partial charge in [0.05, 0.1) is 11.4 Å². The second kappa shape index (κ2) is 8.07. The molecule has 0 amide bonds. The van der Waals surface area contributed by atoms with Crippen molar-refractivity contribution in [3.63, 3.8) is 0 Å². The Labute approximate surface area is 205 Å². The second-order valence-electron chi connectivity index (χ2n) is 9.17. The van der Waals surface area contributed by atoms with Crippen molar-refractivity contribution < 1.29 is 0 Å². The molecule has 35 heavy (non-hydrogen) atoms. The Balaban J connectivity index is 1.51. The predicted molar refractivity (Wildman–Crippen MR) is 145 cm³/mol. The first kappa shape index (κ1) is 19.9. The van der Waals surface area contributed by atoms with Crippen molar-refractivity contribution >= 4 is 10.8 Å². The summed E-state index contributed by atoms with van der Waals surface area (Å²) < 4.78 is 0. The van der Waals surface area contributed by atoms with E-state index in [1.165, 1.54) is 38.6 Å². The normalized spacial score (nSPS) is 14.0.